The van der Waals surface area contributed by atoms with E-state index in [0.29, 0.717) is 6.54 Å². The summed E-state index contributed by atoms with van der Waals surface area (Å²) in [5, 5.41) is 6.04. The average Bonchev–Trinajstić information content (AvgIpc) is 3.05. The first kappa shape index (κ1) is 15.3. The summed E-state index contributed by atoms with van der Waals surface area (Å²) >= 11 is 1.73. The second kappa shape index (κ2) is 7.61. The molecule has 2 aromatic carbocycles. The van der Waals surface area contributed by atoms with Gasteiger partial charge in [-0.25, -0.2) is 4.79 Å². The molecule has 3 aromatic rings. The third-order valence-corrected chi connectivity index (χ3v) is 4.26. The summed E-state index contributed by atoms with van der Waals surface area (Å²) in [6.45, 7) is 0.723. The quantitative estimate of drug-likeness (QED) is 0.729. The van der Waals surface area contributed by atoms with Crippen LogP contribution in [0.5, 0.6) is 0 Å². The number of fused-ring (bicyclic) bond motifs is 1. The van der Waals surface area contributed by atoms with E-state index in [-0.39, 0.29) is 6.61 Å². The van der Waals surface area contributed by atoms with Crippen LogP contribution in [-0.2, 0) is 11.3 Å². The Kier molecular flexibility index (Phi) is 5.06. The lowest BCUT2D eigenvalue weighted by molar-refractivity contribution is 0.141. The van der Waals surface area contributed by atoms with Gasteiger partial charge in [0.2, 0.25) is 0 Å². The second-order valence-electron chi connectivity index (χ2n) is 5.06. The molecule has 23 heavy (non-hydrogen) atoms. The maximum absolute atomic E-state index is 11.6. The van der Waals surface area contributed by atoms with Crippen LogP contribution in [0.3, 0.4) is 0 Å². The monoisotopic (exact) mass is 323 g/mol. The van der Waals surface area contributed by atoms with Crippen molar-refractivity contribution in [3.8, 4) is 0 Å². The summed E-state index contributed by atoms with van der Waals surface area (Å²) in [6.07, 6.45) is 3.50. The van der Waals surface area contributed by atoms with Crippen molar-refractivity contribution in [2.45, 2.75) is 6.61 Å². The SMILES string of the molecule is O=C(NCC=Cc1ccc2sccc2c1)OCc1ccccc1. The van der Waals surface area contributed by atoms with Crippen LogP contribution in [-0.4, -0.2) is 12.6 Å². The van der Waals surface area contributed by atoms with E-state index < -0.39 is 6.09 Å². The van der Waals surface area contributed by atoms with E-state index in [1.54, 1.807) is 11.3 Å². The number of carbonyl (C=O) groups excluding carboxylic acids is 1. The maximum atomic E-state index is 11.6. The summed E-state index contributed by atoms with van der Waals surface area (Å²) in [4.78, 5) is 11.6. The van der Waals surface area contributed by atoms with E-state index in [1.807, 2.05) is 42.5 Å². The van der Waals surface area contributed by atoms with Crippen molar-refractivity contribution in [2.24, 2.45) is 0 Å². The van der Waals surface area contributed by atoms with Gasteiger partial charge in [-0.2, -0.15) is 0 Å². The van der Waals surface area contributed by atoms with Crippen molar-refractivity contribution >= 4 is 33.6 Å². The molecule has 0 aliphatic rings. The molecule has 1 heterocycles. The summed E-state index contributed by atoms with van der Waals surface area (Å²) < 4.78 is 6.43. The van der Waals surface area contributed by atoms with E-state index in [9.17, 15) is 4.79 Å². The second-order valence-corrected chi connectivity index (χ2v) is 6.01. The lowest BCUT2D eigenvalue weighted by Crippen LogP contribution is -2.24. The summed E-state index contributed by atoms with van der Waals surface area (Å²) in [6, 6.07) is 18.0. The van der Waals surface area contributed by atoms with E-state index >= 15 is 0 Å². The van der Waals surface area contributed by atoms with Crippen LogP contribution in [0.25, 0.3) is 16.2 Å². The van der Waals surface area contributed by atoms with Gasteiger partial charge in [-0.3, -0.25) is 0 Å². The van der Waals surface area contributed by atoms with Gasteiger partial charge in [-0.15, -0.1) is 11.3 Å². The Morgan fingerprint density at radius 2 is 2.00 bits per heavy atom. The van der Waals surface area contributed by atoms with Gasteiger partial charge in [0.15, 0.2) is 0 Å². The minimum absolute atomic E-state index is 0.283. The number of hydrogen-bond acceptors (Lipinski definition) is 3. The fourth-order valence-corrected chi connectivity index (χ4v) is 2.97. The molecule has 4 heteroatoms. The minimum Gasteiger partial charge on any atom is -0.445 e. The maximum Gasteiger partial charge on any atom is 0.407 e. The summed E-state index contributed by atoms with van der Waals surface area (Å²) in [5.41, 5.74) is 2.10. The molecule has 116 valence electrons. The van der Waals surface area contributed by atoms with Gasteiger partial charge in [0, 0.05) is 11.2 Å². The first-order chi connectivity index (χ1) is 11.3. The van der Waals surface area contributed by atoms with Gasteiger partial charge in [0.05, 0.1) is 0 Å². The number of hydrogen-bond donors (Lipinski definition) is 1. The highest BCUT2D eigenvalue weighted by Crippen LogP contribution is 2.22. The highest BCUT2D eigenvalue weighted by Gasteiger charge is 2.00. The Morgan fingerprint density at radius 3 is 2.87 bits per heavy atom. The lowest BCUT2D eigenvalue weighted by Gasteiger charge is -2.05. The van der Waals surface area contributed by atoms with Crippen molar-refractivity contribution < 1.29 is 9.53 Å². The molecule has 0 spiro atoms. The van der Waals surface area contributed by atoms with E-state index in [1.165, 1.54) is 10.1 Å². The normalized spacial score (nSPS) is 11.0. The van der Waals surface area contributed by atoms with Crippen LogP contribution in [0.2, 0.25) is 0 Å². The number of rotatable bonds is 5. The molecule has 3 nitrogen and oxygen atoms in total. The third kappa shape index (κ3) is 4.44. The summed E-state index contributed by atoms with van der Waals surface area (Å²) in [7, 11) is 0. The standard InChI is InChI=1S/C19H17NO2S/c21-19(22-14-16-5-2-1-3-6-16)20-11-4-7-15-8-9-18-17(13-15)10-12-23-18/h1-10,12-13H,11,14H2,(H,20,21). The molecule has 1 N–H and O–H groups in total. The van der Waals surface area contributed by atoms with Gasteiger partial charge in [-0.05, 0) is 40.1 Å². The van der Waals surface area contributed by atoms with Crippen molar-refractivity contribution in [3.05, 3.63) is 77.2 Å². The molecule has 0 aliphatic heterocycles. The smallest absolute Gasteiger partial charge is 0.407 e. The number of thiophene rings is 1. The first-order valence-corrected chi connectivity index (χ1v) is 8.27. The molecule has 3 rings (SSSR count). The Balaban J connectivity index is 1.44. The fourth-order valence-electron chi connectivity index (χ4n) is 2.20. The first-order valence-electron chi connectivity index (χ1n) is 7.39. The van der Waals surface area contributed by atoms with Crippen LogP contribution >= 0.6 is 11.3 Å². The average molecular weight is 323 g/mol. The highest BCUT2D eigenvalue weighted by molar-refractivity contribution is 7.17. The molecule has 1 aromatic heterocycles. The molecule has 0 atom stereocenters. The van der Waals surface area contributed by atoms with Crippen LogP contribution in [0.15, 0.2) is 66.1 Å². The largest absolute Gasteiger partial charge is 0.445 e. The van der Waals surface area contributed by atoms with Gasteiger partial charge >= 0.3 is 6.09 Å². The predicted octanol–water partition coefficient (Wildman–Crippen LogP) is 4.84. The number of carbonyl (C=O) groups is 1. The molecule has 0 aliphatic carbocycles. The zero-order valence-electron chi connectivity index (χ0n) is 12.6. The van der Waals surface area contributed by atoms with Crippen LogP contribution in [0, 0.1) is 0 Å². The Labute approximate surface area is 139 Å². The van der Waals surface area contributed by atoms with Crippen molar-refractivity contribution in [1.82, 2.24) is 5.32 Å². The van der Waals surface area contributed by atoms with E-state index in [2.05, 4.69) is 35.0 Å². The number of alkyl carbamates (subject to hydrolysis) is 1. The van der Waals surface area contributed by atoms with Crippen LogP contribution in [0.1, 0.15) is 11.1 Å². The minimum atomic E-state index is -0.410. The zero-order valence-corrected chi connectivity index (χ0v) is 13.4. The van der Waals surface area contributed by atoms with Gasteiger partial charge in [0.25, 0.3) is 0 Å². The van der Waals surface area contributed by atoms with Crippen molar-refractivity contribution in [1.29, 1.82) is 0 Å². The van der Waals surface area contributed by atoms with Gasteiger partial charge < -0.3 is 10.1 Å². The number of ether oxygens (including phenoxy) is 1. The topological polar surface area (TPSA) is 38.3 Å². The molecule has 1 amide bonds. The van der Waals surface area contributed by atoms with E-state index in [0.717, 1.165) is 11.1 Å². The van der Waals surface area contributed by atoms with Crippen LogP contribution < -0.4 is 5.32 Å². The molecule has 0 bridgehead atoms. The summed E-state index contributed by atoms with van der Waals surface area (Å²) in [5.74, 6) is 0. The molecule has 0 saturated carbocycles. The predicted molar refractivity (Wildman–Crippen MR) is 95.5 cm³/mol. The Morgan fingerprint density at radius 1 is 1.13 bits per heavy atom. The zero-order chi connectivity index (χ0) is 15.9. The number of nitrogens with one attached hydrogen (secondary N) is 1. The van der Waals surface area contributed by atoms with Crippen LogP contribution in [0.4, 0.5) is 4.79 Å². The molecule has 0 fully saturated rings. The molecular formula is C19H17NO2S. The fraction of sp³-hybridized carbons (Fsp3) is 0.105. The Bertz CT molecular complexity index is 808. The van der Waals surface area contributed by atoms with Gasteiger partial charge in [0.1, 0.15) is 6.61 Å². The van der Waals surface area contributed by atoms with Crippen molar-refractivity contribution in [3.63, 3.8) is 0 Å². The van der Waals surface area contributed by atoms with Crippen molar-refractivity contribution in [2.75, 3.05) is 6.54 Å². The number of benzene rings is 2. The third-order valence-electron chi connectivity index (χ3n) is 3.36. The Hall–Kier alpha value is -2.59. The lowest BCUT2D eigenvalue weighted by atomic mass is 10.1. The molecular weight excluding hydrogens is 306 g/mol. The number of amides is 1. The van der Waals surface area contributed by atoms with E-state index in [4.69, 9.17) is 4.74 Å². The molecule has 0 radical (unpaired) electrons. The molecule has 0 saturated heterocycles. The highest BCUT2D eigenvalue weighted by atomic mass is 32.1. The van der Waals surface area contributed by atoms with Gasteiger partial charge in [-0.1, -0.05) is 48.6 Å². The molecule has 0 unspecified atom stereocenters.